The Hall–Kier alpha value is -2.84. The van der Waals surface area contributed by atoms with Crippen LogP contribution in [0.25, 0.3) is 22.7 Å². The predicted molar refractivity (Wildman–Crippen MR) is 140 cm³/mol. The normalized spacial score (nSPS) is 21.3. The first-order valence-electron chi connectivity index (χ1n) is 13.7. The van der Waals surface area contributed by atoms with Crippen LogP contribution in [0.4, 0.5) is 0 Å². The van der Waals surface area contributed by atoms with Gasteiger partial charge in [0, 0.05) is 44.0 Å². The summed E-state index contributed by atoms with van der Waals surface area (Å²) in [6, 6.07) is 10.1. The zero-order valence-corrected chi connectivity index (χ0v) is 21.1. The van der Waals surface area contributed by atoms with Crippen LogP contribution in [0.15, 0.2) is 42.7 Å². The van der Waals surface area contributed by atoms with E-state index in [1.165, 1.54) is 19.4 Å². The average molecular weight is 488 g/mol. The van der Waals surface area contributed by atoms with Crippen molar-refractivity contribution in [3.8, 4) is 11.5 Å². The van der Waals surface area contributed by atoms with E-state index in [0.717, 1.165) is 93.6 Å². The number of likely N-dealkylation sites (tertiary alicyclic amines) is 2. The molecule has 3 fully saturated rings. The SMILES string of the molecule is O=C(C1CCN(CC2CCNCC2)CC1)N1CCC(n2c(-c3ccccn3)nc3cccnc32)CC1. The van der Waals surface area contributed by atoms with Gasteiger partial charge in [-0.05, 0) is 94.9 Å². The van der Waals surface area contributed by atoms with Crippen LogP contribution in [-0.4, -0.2) is 81.0 Å². The lowest BCUT2D eigenvalue weighted by Gasteiger charge is -2.39. The summed E-state index contributed by atoms with van der Waals surface area (Å²) in [5, 5.41) is 3.46. The molecule has 1 N–H and O–H groups in total. The van der Waals surface area contributed by atoms with Crippen LogP contribution in [0.1, 0.15) is 44.6 Å². The molecule has 190 valence electrons. The Bertz CT molecular complexity index is 1160. The van der Waals surface area contributed by atoms with Gasteiger partial charge in [-0.15, -0.1) is 0 Å². The molecule has 0 spiro atoms. The smallest absolute Gasteiger partial charge is 0.225 e. The molecule has 0 unspecified atom stereocenters. The van der Waals surface area contributed by atoms with Gasteiger partial charge in [0.05, 0.1) is 0 Å². The van der Waals surface area contributed by atoms with E-state index < -0.39 is 0 Å². The van der Waals surface area contributed by atoms with E-state index in [-0.39, 0.29) is 12.0 Å². The van der Waals surface area contributed by atoms with Crippen molar-refractivity contribution in [2.24, 2.45) is 11.8 Å². The molecule has 3 aliphatic heterocycles. The highest BCUT2D eigenvalue weighted by atomic mass is 16.2. The van der Waals surface area contributed by atoms with E-state index >= 15 is 0 Å². The number of piperidine rings is 3. The lowest BCUT2D eigenvalue weighted by molar-refractivity contribution is -0.138. The van der Waals surface area contributed by atoms with E-state index in [1.807, 2.05) is 42.7 Å². The molecule has 8 nitrogen and oxygen atoms in total. The van der Waals surface area contributed by atoms with Gasteiger partial charge < -0.3 is 19.7 Å². The molecule has 36 heavy (non-hydrogen) atoms. The van der Waals surface area contributed by atoms with Gasteiger partial charge >= 0.3 is 0 Å². The molecule has 0 aromatic carbocycles. The van der Waals surface area contributed by atoms with Crippen molar-refractivity contribution in [1.29, 1.82) is 0 Å². The number of rotatable bonds is 5. The van der Waals surface area contributed by atoms with Crippen molar-refractivity contribution in [2.75, 3.05) is 45.8 Å². The summed E-state index contributed by atoms with van der Waals surface area (Å²) < 4.78 is 2.26. The quantitative estimate of drug-likeness (QED) is 0.595. The number of amides is 1. The minimum Gasteiger partial charge on any atom is -0.342 e. The van der Waals surface area contributed by atoms with E-state index in [1.54, 1.807) is 0 Å². The van der Waals surface area contributed by atoms with Gasteiger partial charge in [-0.1, -0.05) is 6.07 Å². The number of fused-ring (bicyclic) bond motifs is 1. The summed E-state index contributed by atoms with van der Waals surface area (Å²) in [5.74, 6) is 2.25. The molecule has 0 bridgehead atoms. The van der Waals surface area contributed by atoms with Crippen molar-refractivity contribution >= 4 is 17.1 Å². The van der Waals surface area contributed by atoms with E-state index in [2.05, 4.69) is 29.7 Å². The second-order valence-corrected chi connectivity index (χ2v) is 10.7. The minimum absolute atomic E-state index is 0.186. The van der Waals surface area contributed by atoms with E-state index in [4.69, 9.17) is 4.98 Å². The van der Waals surface area contributed by atoms with Crippen LogP contribution >= 0.6 is 0 Å². The zero-order valence-electron chi connectivity index (χ0n) is 21.1. The summed E-state index contributed by atoms with van der Waals surface area (Å²) >= 11 is 0. The Kier molecular flexibility index (Phi) is 6.96. The van der Waals surface area contributed by atoms with Gasteiger partial charge in [-0.3, -0.25) is 9.78 Å². The van der Waals surface area contributed by atoms with Gasteiger partial charge in [0.1, 0.15) is 11.2 Å². The van der Waals surface area contributed by atoms with Crippen LogP contribution < -0.4 is 5.32 Å². The lowest BCUT2D eigenvalue weighted by atomic mass is 9.91. The molecule has 6 rings (SSSR count). The first-order chi connectivity index (χ1) is 17.8. The number of hydrogen-bond donors (Lipinski definition) is 1. The molecule has 3 aliphatic rings. The number of aromatic nitrogens is 4. The fourth-order valence-electron chi connectivity index (χ4n) is 6.35. The Morgan fingerprint density at radius 1 is 0.889 bits per heavy atom. The predicted octanol–water partition coefficient (Wildman–Crippen LogP) is 3.37. The van der Waals surface area contributed by atoms with Gasteiger partial charge in [-0.2, -0.15) is 0 Å². The largest absolute Gasteiger partial charge is 0.342 e. The molecule has 0 saturated carbocycles. The second kappa shape index (κ2) is 10.6. The topological polar surface area (TPSA) is 79.2 Å². The third-order valence-corrected chi connectivity index (χ3v) is 8.40. The van der Waals surface area contributed by atoms with Gasteiger partial charge in [0.15, 0.2) is 11.5 Å². The number of carbonyl (C=O) groups is 1. The number of nitrogens with zero attached hydrogens (tertiary/aromatic N) is 6. The molecule has 3 saturated heterocycles. The Labute approximate surface area is 213 Å². The van der Waals surface area contributed by atoms with Crippen LogP contribution in [0.2, 0.25) is 0 Å². The zero-order chi connectivity index (χ0) is 24.3. The fourth-order valence-corrected chi connectivity index (χ4v) is 6.35. The molecular weight excluding hydrogens is 450 g/mol. The third kappa shape index (κ3) is 4.89. The molecule has 0 radical (unpaired) electrons. The van der Waals surface area contributed by atoms with Crippen molar-refractivity contribution in [3.63, 3.8) is 0 Å². The standard InChI is InChI=1S/C28H37N7O/c36-28(22-8-16-33(17-9-22)20-21-6-14-29-15-7-21)34-18-10-23(11-19-34)35-26-25(5-3-13-31-26)32-27(35)24-4-1-2-12-30-24/h1-5,12-13,21-23,29H,6-11,14-20H2. The molecule has 6 heterocycles. The Morgan fingerprint density at radius 3 is 2.42 bits per heavy atom. The second-order valence-electron chi connectivity index (χ2n) is 10.7. The monoisotopic (exact) mass is 487 g/mol. The molecule has 3 aromatic heterocycles. The summed E-state index contributed by atoms with van der Waals surface area (Å²) in [7, 11) is 0. The lowest BCUT2D eigenvalue weighted by Crippen LogP contribution is -2.46. The Morgan fingerprint density at radius 2 is 1.67 bits per heavy atom. The highest BCUT2D eigenvalue weighted by molar-refractivity contribution is 5.79. The van der Waals surface area contributed by atoms with Crippen molar-refractivity contribution < 1.29 is 4.79 Å². The summed E-state index contributed by atoms with van der Waals surface area (Å²) in [5.41, 5.74) is 2.67. The number of imidazole rings is 1. The molecule has 0 aliphatic carbocycles. The molecule has 0 atom stereocenters. The Balaban J connectivity index is 1.08. The van der Waals surface area contributed by atoms with Crippen molar-refractivity contribution in [2.45, 2.75) is 44.6 Å². The number of hydrogen-bond acceptors (Lipinski definition) is 6. The molecule has 8 heteroatoms. The van der Waals surface area contributed by atoms with Gasteiger partial charge in [0.2, 0.25) is 5.91 Å². The number of pyridine rings is 2. The fraction of sp³-hybridized carbons (Fsp3) is 0.571. The van der Waals surface area contributed by atoms with Crippen LogP contribution in [0.3, 0.4) is 0 Å². The molecule has 3 aromatic rings. The maximum atomic E-state index is 13.4. The van der Waals surface area contributed by atoms with E-state index in [9.17, 15) is 4.79 Å². The summed E-state index contributed by atoms with van der Waals surface area (Å²) in [6.45, 7) is 7.25. The summed E-state index contributed by atoms with van der Waals surface area (Å²) in [4.78, 5) is 32.2. The number of nitrogens with one attached hydrogen (secondary N) is 1. The maximum absolute atomic E-state index is 13.4. The van der Waals surface area contributed by atoms with Crippen molar-refractivity contribution in [3.05, 3.63) is 42.7 Å². The van der Waals surface area contributed by atoms with Crippen LogP contribution in [0.5, 0.6) is 0 Å². The van der Waals surface area contributed by atoms with Crippen molar-refractivity contribution in [1.82, 2.24) is 34.6 Å². The van der Waals surface area contributed by atoms with Crippen LogP contribution in [-0.2, 0) is 4.79 Å². The van der Waals surface area contributed by atoms with Gasteiger partial charge in [-0.25, -0.2) is 9.97 Å². The average Bonchev–Trinajstić information content (AvgIpc) is 3.34. The highest BCUT2D eigenvalue weighted by Gasteiger charge is 2.33. The molecular formula is C28H37N7O. The maximum Gasteiger partial charge on any atom is 0.225 e. The van der Waals surface area contributed by atoms with Gasteiger partial charge in [0.25, 0.3) is 0 Å². The minimum atomic E-state index is 0.186. The number of carbonyl (C=O) groups excluding carboxylic acids is 1. The first-order valence-corrected chi connectivity index (χ1v) is 13.7. The first kappa shape index (κ1) is 23.6. The summed E-state index contributed by atoms with van der Waals surface area (Å²) in [6.07, 6.45) is 10.1. The third-order valence-electron chi connectivity index (χ3n) is 8.40. The van der Waals surface area contributed by atoms with Crippen LogP contribution in [0, 0.1) is 11.8 Å². The highest BCUT2D eigenvalue weighted by Crippen LogP contribution is 2.33. The van der Waals surface area contributed by atoms with E-state index in [0.29, 0.717) is 5.91 Å². The molecule has 1 amide bonds.